The van der Waals surface area contributed by atoms with Gasteiger partial charge in [-0.2, -0.15) is 13.0 Å². The number of fused-ring (bicyclic) bond motifs is 2. The first-order valence-electron chi connectivity index (χ1n) is 13.9. The highest BCUT2D eigenvalue weighted by molar-refractivity contribution is 7.86. The Morgan fingerprint density at radius 2 is 1.63 bits per heavy atom. The highest BCUT2D eigenvalue weighted by Crippen LogP contribution is 2.36. The molecule has 4 rings (SSSR count). The standard InChI is InChI=1S/C31H34N2O8S2/c1-2-32-25(19-23-21-27(42(36,37)38)14-16-29(23)32)11-7-4-3-5-8-12-26-20-24-22-28(43(39,40)41)15-17-30(24)33(26)18-10-6-9-13-31(34)35/h3-5,7-8,11-12,14-17,21-22H,2,6,9-10,13,18-20H2,1H3,(H2-,34,35,36,37,38,39,40,41). The number of carboxylic acids is 1. The summed E-state index contributed by atoms with van der Waals surface area (Å²) >= 11 is 0. The van der Waals surface area contributed by atoms with Crippen molar-refractivity contribution in [2.75, 3.05) is 18.0 Å². The SMILES string of the molecule is CCN1C(=CC=CC=CC=CC2=[N+](CCCCCC(=O)O)c3ccc(S(=O)(=O)[O-])cc3C2)Cc2cc(S(=O)(=O)O)ccc21. The van der Waals surface area contributed by atoms with Gasteiger partial charge in [0.2, 0.25) is 5.69 Å². The number of benzene rings is 2. The van der Waals surface area contributed by atoms with Crippen LogP contribution in [0.15, 0.2) is 94.4 Å². The zero-order valence-electron chi connectivity index (χ0n) is 23.7. The lowest BCUT2D eigenvalue weighted by atomic mass is 10.1. The normalized spacial score (nSPS) is 16.3. The Morgan fingerprint density at radius 3 is 2.33 bits per heavy atom. The van der Waals surface area contributed by atoms with Crippen LogP contribution in [0, 0.1) is 0 Å². The molecule has 0 amide bonds. The van der Waals surface area contributed by atoms with E-state index in [-0.39, 0.29) is 16.2 Å². The molecule has 0 radical (unpaired) electrons. The fourth-order valence-electron chi connectivity index (χ4n) is 5.32. The van der Waals surface area contributed by atoms with Gasteiger partial charge in [0, 0.05) is 54.9 Å². The number of rotatable bonds is 13. The topological polar surface area (TPSA) is 155 Å². The summed E-state index contributed by atoms with van der Waals surface area (Å²) in [6.07, 6.45) is 16.5. The first-order valence-corrected chi connectivity index (χ1v) is 16.8. The molecule has 2 aliphatic rings. The molecule has 0 bridgehead atoms. The number of allylic oxidation sites excluding steroid dienone is 8. The summed E-state index contributed by atoms with van der Waals surface area (Å²) in [6.45, 7) is 3.34. The molecule has 2 heterocycles. The Kier molecular flexibility index (Phi) is 10.2. The first kappa shape index (κ1) is 32.1. The third kappa shape index (κ3) is 8.17. The summed E-state index contributed by atoms with van der Waals surface area (Å²) in [5.41, 5.74) is 5.27. The van der Waals surface area contributed by atoms with Gasteiger partial charge in [-0.1, -0.05) is 30.4 Å². The maximum atomic E-state index is 11.5. The Bertz CT molecular complexity index is 1770. The van der Waals surface area contributed by atoms with Crippen molar-refractivity contribution in [1.82, 2.24) is 0 Å². The van der Waals surface area contributed by atoms with Crippen LogP contribution in [0.2, 0.25) is 0 Å². The maximum absolute atomic E-state index is 11.5. The average molecular weight is 627 g/mol. The van der Waals surface area contributed by atoms with E-state index in [0.717, 1.165) is 46.8 Å². The number of aliphatic carboxylic acids is 1. The van der Waals surface area contributed by atoms with Crippen LogP contribution in [0.3, 0.4) is 0 Å². The smallest absolute Gasteiger partial charge is 0.303 e. The number of nitrogens with zero attached hydrogens (tertiary/aromatic N) is 2. The fraction of sp³-hybridized carbons (Fsp3) is 0.290. The summed E-state index contributed by atoms with van der Waals surface area (Å²) in [5, 5.41) is 8.87. The van der Waals surface area contributed by atoms with Crippen LogP contribution in [0.4, 0.5) is 11.4 Å². The number of likely N-dealkylation sites (N-methyl/N-ethyl adjacent to an activating group) is 1. The van der Waals surface area contributed by atoms with Crippen molar-refractivity contribution in [2.45, 2.75) is 55.2 Å². The zero-order valence-corrected chi connectivity index (χ0v) is 25.4. The maximum Gasteiger partial charge on any atom is 0.303 e. The summed E-state index contributed by atoms with van der Waals surface area (Å²) in [6, 6.07) is 9.00. The molecule has 0 fully saturated rings. The van der Waals surface area contributed by atoms with Crippen molar-refractivity contribution in [3.63, 3.8) is 0 Å². The van der Waals surface area contributed by atoms with E-state index in [1.807, 2.05) is 49.5 Å². The van der Waals surface area contributed by atoms with E-state index in [1.165, 1.54) is 24.3 Å². The van der Waals surface area contributed by atoms with Crippen LogP contribution in [0.1, 0.15) is 43.7 Å². The van der Waals surface area contributed by atoms with Gasteiger partial charge >= 0.3 is 5.97 Å². The molecule has 2 aromatic rings. The molecule has 0 unspecified atom stereocenters. The van der Waals surface area contributed by atoms with E-state index < -0.39 is 26.2 Å². The number of carbonyl (C=O) groups is 1. The van der Waals surface area contributed by atoms with Crippen LogP contribution in [0.25, 0.3) is 0 Å². The molecule has 2 aromatic carbocycles. The third-order valence-electron chi connectivity index (χ3n) is 7.32. The molecule has 2 N–H and O–H groups in total. The predicted molar refractivity (Wildman–Crippen MR) is 162 cm³/mol. The van der Waals surface area contributed by atoms with Crippen molar-refractivity contribution in [1.29, 1.82) is 0 Å². The van der Waals surface area contributed by atoms with Gasteiger partial charge in [-0.3, -0.25) is 9.35 Å². The molecule has 12 heteroatoms. The van der Waals surface area contributed by atoms with Gasteiger partial charge in [0.25, 0.3) is 10.1 Å². The second-order valence-electron chi connectivity index (χ2n) is 10.2. The number of hydrogen-bond acceptors (Lipinski definition) is 7. The average Bonchev–Trinajstić information content (AvgIpc) is 3.47. The Balaban J connectivity index is 1.44. The largest absolute Gasteiger partial charge is 0.744 e. The quantitative estimate of drug-likeness (QED) is 0.139. The third-order valence-corrected chi connectivity index (χ3v) is 9.00. The molecule has 0 aliphatic carbocycles. The number of anilines is 1. The Labute approximate surface area is 252 Å². The van der Waals surface area contributed by atoms with Crippen molar-refractivity contribution >= 4 is 43.3 Å². The van der Waals surface area contributed by atoms with E-state index >= 15 is 0 Å². The van der Waals surface area contributed by atoms with E-state index in [4.69, 9.17) is 5.11 Å². The van der Waals surface area contributed by atoms with Gasteiger partial charge in [0.1, 0.15) is 16.7 Å². The Hall–Kier alpha value is -3.84. The molecular weight excluding hydrogens is 592 g/mol. The first-order chi connectivity index (χ1) is 20.4. The molecule has 2 aliphatic heterocycles. The van der Waals surface area contributed by atoms with Gasteiger partial charge in [0.15, 0.2) is 5.71 Å². The summed E-state index contributed by atoms with van der Waals surface area (Å²) in [4.78, 5) is 12.5. The second-order valence-corrected chi connectivity index (χ2v) is 13.0. The van der Waals surface area contributed by atoms with E-state index in [0.29, 0.717) is 32.4 Å². The fourth-order valence-corrected chi connectivity index (χ4v) is 6.38. The van der Waals surface area contributed by atoms with Crippen molar-refractivity contribution in [3.05, 3.63) is 95.8 Å². The van der Waals surface area contributed by atoms with Gasteiger partial charge in [0.05, 0.1) is 16.2 Å². The lowest BCUT2D eigenvalue weighted by molar-refractivity contribution is -0.437. The van der Waals surface area contributed by atoms with Crippen LogP contribution in [0.5, 0.6) is 0 Å². The molecule has 43 heavy (non-hydrogen) atoms. The second kappa shape index (κ2) is 13.6. The van der Waals surface area contributed by atoms with E-state index in [1.54, 1.807) is 12.1 Å². The summed E-state index contributed by atoms with van der Waals surface area (Å²) in [5.74, 6) is -0.824. The monoisotopic (exact) mass is 626 g/mol. The lowest BCUT2D eigenvalue weighted by Crippen LogP contribution is -2.17. The minimum atomic E-state index is -4.57. The van der Waals surface area contributed by atoms with E-state index in [9.17, 15) is 30.7 Å². The number of unbranched alkanes of at least 4 members (excludes halogenated alkanes) is 2. The minimum absolute atomic E-state index is 0.116. The molecule has 228 valence electrons. The molecule has 0 aromatic heterocycles. The van der Waals surface area contributed by atoms with Gasteiger partial charge in [-0.15, -0.1) is 0 Å². The number of carboxylic acid groups (broad SMARTS) is 1. The molecule has 10 nitrogen and oxygen atoms in total. The Morgan fingerprint density at radius 1 is 0.930 bits per heavy atom. The van der Waals surface area contributed by atoms with E-state index in [2.05, 4.69) is 9.48 Å². The van der Waals surface area contributed by atoms with Gasteiger partial charge < -0.3 is 14.6 Å². The molecule has 0 atom stereocenters. The zero-order chi connectivity index (χ0) is 31.2. The molecule has 0 spiro atoms. The van der Waals surface area contributed by atoms with Crippen molar-refractivity contribution in [3.8, 4) is 0 Å². The van der Waals surface area contributed by atoms with Gasteiger partial charge in [-0.25, -0.2) is 8.42 Å². The molecule has 0 saturated carbocycles. The molecule has 0 saturated heterocycles. The van der Waals surface area contributed by atoms with Crippen molar-refractivity contribution < 1.29 is 40.4 Å². The lowest BCUT2D eigenvalue weighted by Gasteiger charge is -2.19. The summed E-state index contributed by atoms with van der Waals surface area (Å²) in [7, 11) is -8.84. The highest BCUT2D eigenvalue weighted by atomic mass is 32.2. The summed E-state index contributed by atoms with van der Waals surface area (Å²) < 4.78 is 69.0. The van der Waals surface area contributed by atoms with Crippen LogP contribution in [-0.4, -0.2) is 60.4 Å². The van der Waals surface area contributed by atoms with Gasteiger partial charge in [-0.05, 0) is 61.7 Å². The number of hydrogen-bond donors (Lipinski definition) is 2. The minimum Gasteiger partial charge on any atom is -0.744 e. The van der Waals surface area contributed by atoms with Crippen LogP contribution < -0.4 is 4.90 Å². The molecular formula is C31H34N2O8S2. The highest BCUT2D eigenvalue weighted by Gasteiger charge is 2.29. The van der Waals surface area contributed by atoms with Crippen molar-refractivity contribution in [2.24, 2.45) is 0 Å². The predicted octanol–water partition coefficient (Wildman–Crippen LogP) is 4.76. The van der Waals surface area contributed by atoms with Crippen LogP contribution in [-0.2, 0) is 37.9 Å². The van der Waals surface area contributed by atoms with Crippen LogP contribution >= 0.6 is 0 Å².